The largest absolute Gasteiger partial charge is 0.382 e. The minimum Gasteiger partial charge on any atom is -0.382 e. The van der Waals surface area contributed by atoms with E-state index in [1.807, 2.05) is 37.2 Å². The predicted octanol–water partition coefficient (Wildman–Crippen LogP) is 0.815. The SMILES string of the molecule is CN(C)CCNC(=O)c1cccc2c1NCCN2. The van der Waals surface area contributed by atoms with Crippen LogP contribution in [-0.4, -0.2) is 51.1 Å². The number of anilines is 2. The molecule has 0 bridgehead atoms. The van der Waals surface area contributed by atoms with Gasteiger partial charge in [-0.3, -0.25) is 4.79 Å². The Kier molecular flexibility index (Phi) is 4.04. The summed E-state index contributed by atoms with van der Waals surface area (Å²) in [6.07, 6.45) is 0. The van der Waals surface area contributed by atoms with Crippen LogP contribution in [0.3, 0.4) is 0 Å². The number of para-hydroxylation sites is 1. The molecular weight excluding hydrogens is 228 g/mol. The van der Waals surface area contributed by atoms with Crippen molar-refractivity contribution in [3.63, 3.8) is 0 Å². The Morgan fingerprint density at radius 2 is 2.11 bits per heavy atom. The minimum absolute atomic E-state index is 0.0232. The van der Waals surface area contributed by atoms with E-state index in [9.17, 15) is 4.79 Å². The van der Waals surface area contributed by atoms with Crippen LogP contribution in [-0.2, 0) is 0 Å². The van der Waals surface area contributed by atoms with Gasteiger partial charge in [-0.25, -0.2) is 0 Å². The molecule has 0 aliphatic carbocycles. The van der Waals surface area contributed by atoms with Crippen molar-refractivity contribution >= 4 is 17.3 Å². The summed E-state index contributed by atoms with van der Waals surface area (Å²) in [6.45, 7) is 3.23. The topological polar surface area (TPSA) is 56.4 Å². The van der Waals surface area contributed by atoms with Gasteiger partial charge in [-0.1, -0.05) is 6.07 Å². The monoisotopic (exact) mass is 248 g/mol. The van der Waals surface area contributed by atoms with Gasteiger partial charge < -0.3 is 20.9 Å². The van der Waals surface area contributed by atoms with Gasteiger partial charge in [-0.2, -0.15) is 0 Å². The van der Waals surface area contributed by atoms with E-state index in [1.54, 1.807) is 0 Å². The van der Waals surface area contributed by atoms with Crippen molar-refractivity contribution in [1.82, 2.24) is 10.2 Å². The molecule has 98 valence electrons. The molecule has 1 aliphatic heterocycles. The highest BCUT2D eigenvalue weighted by atomic mass is 16.1. The Hall–Kier alpha value is -1.75. The highest BCUT2D eigenvalue weighted by Gasteiger charge is 2.16. The van der Waals surface area contributed by atoms with Crippen LogP contribution in [0.4, 0.5) is 11.4 Å². The Morgan fingerprint density at radius 3 is 2.89 bits per heavy atom. The lowest BCUT2D eigenvalue weighted by Gasteiger charge is -2.22. The first-order chi connectivity index (χ1) is 8.68. The molecule has 0 fully saturated rings. The highest BCUT2D eigenvalue weighted by Crippen LogP contribution is 2.27. The predicted molar refractivity (Wildman–Crippen MR) is 74.3 cm³/mol. The average molecular weight is 248 g/mol. The maximum absolute atomic E-state index is 12.1. The summed E-state index contributed by atoms with van der Waals surface area (Å²) < 4.78 is 0. The van der Waals surface area contributed by atoms with Crippen molar-refractivity contribution < 1.29 is 4.79 Å². The molecule has 0 saturated carbocycles. The van der Waals surface area contributed by atoms with Gasteiger partial charge in [-0.15, -0.1) is 0 Å². The minimum atomic E-state index is -0.0232. The number of amides is 1. The molecule has 5 nitrogen and oxygen atoms in total. The lowest BCUT2D eigenvalue weighted by Crippen LogP contribution is -2.32. The molecule has 2 rings (SSSR count). The Balaban J connectivity index is 2.06. The molecule has 1 aliphatic rings. The van der Waals surface area contributed by atoms with Crippen LogP contribution < -0.4 is 16.0 Å². The summed E-state index contributed by atoms with van der Waals surface area (Å²) >= 11 is 0. The summed E-state index contributed by atoms with van der Waals surface area (Å²) in [5.41, 5.74) is 2.62. The summed E-state index contributed by atoms with van der Waals surface area (Å²) in [4.78, 5) is 14.1. The van der Waals surface area contributed by atoms with Gasteiger partial charge in [0.05, 0.1) is 16.9 Å². The fourth-order valence-electron chi connectivity index (χ4n) is 1.95. The fourth-order valence-corrected chi connectivity index (χ4v) is 1.95. The summed E-state index contributed by atoms with van der Waals surface area (Å²) in [6, 6.07) is 5.74. The molecule has 0 radical (unpaired) electrons. The quantitative estimate of drug-likeness (QED) is 0.738. The zero-order valence-electron chi connectivity index (χ0n) is 10.9. The standard InChI is InChI=1S/C13H20N4O/c1-17(2)9-8-16-13(18)10-4-3-5-11-12(10)15-7-6-14-11/h3-5,14-15H,6-9H2,1-2H3,(H,16,18). The Bertz CT molecular complexity index is 431. The van der Waals surface area contributed by atoms with Crippen LogP contribution >= 0.6 is 0 Å². The molecule has 0 saturated heterocycles. The van der Waals surface area contributed by atoms with E-state index in [1.165, 1.54) is 0 Å². The zero-order chi connectivity index (χ0) is 13.0. The van der Waals surface area contributed by atoms with E-state index in [4.69, 9.17) is 0 Å². The zero-order valence-corrected chi connectivity index (χ0v) is 10.9. The van der Waals surface area contributed by atoms with Crippen LogP contribution in [0, 0.1) is 0 Å². The van der Waals surface area contributed by atoms with E-state index in [0.29, 0.717) is 12.1 Å². The molecule has 18 heavy (non-hydrogen) atoms. The number of rotatable bonds is 4. The summed E-state index contributed by atoms with van der Waals surface area (Å²) in [5.74, 6) is -0.0232. The van der Waals surface area contributed by atoms with Crippen molar-refractivity contribution in [2.45, 2.75) is 0 Å². The number of carbonyl (C=O) groups is 1. The molecule has 1 amide bonds. The lowest BCUT2D eigenvalue weighted by atomic mass is 10.1. The summed E-state index contributed by atoms with van der Waals surface area (Å²) in [7, 11) is 3.98. The number of carbonyl (C=O) groups excluding carboxylic acids is 1. The van der Waals surface area contributed by atoms with Gasteiger partial charge in [0, 0.05) is 26.2 Å². The number of hydrogen-bond donors (Lipinski definition) is 3. The second kappa shape index (κ2) is 5.73. The number of likely N-dealkylation sites (N-methyl/N-ethyl adjacent to an activating group) is 1. The number of nitrogens with one attached hydrogen (secondary N) is 3. The molecule has 0 aromatic heterocycles. The number of fused-ring (bicyclic) bond motifs is 1. The van der Waals surface area contributed by atoms with E-state index < -0.39 is 0 Å². The molecule has 0 spiro atoms. The van der Waals surface area contributed by atoms with Crippen molar-refractivity contribution in [3.8, 4) is 0 Å². The Labute approximate surface area is 108 Å². The van der Waals surface area contributed by atoms with Crippen molar-refractivity contribution in [1.29, 1.82) is 0 Å². The van der Waals surface area contributed by atoms with E-state index in [0.717, 1.165) is 31.0 Å². The van der Waals surface area contributed by atoms with Gasteiger partial charge in [-0.05, 0) is 26.2 Å². The fraction of sp³-hybridized carbons (Fsp3) is 0.462. The van der Waals surface area contributed by atoms with Crippen molar-refractivity contribution in [2.75, 3.05) is 50.9 Å². The number of hydrogen-bond acceptors (Lipinski definition) is 4. The molecule has 0 unspecified atom stereocenters. The number of nitrogens with zero attached hydrogens (tertiary/aromatic N) is 1. The van der Waals surface area contributed by atoms with Gasteiger partial charge in [0.15, 0.2) is 0 Å². The molecule has 3 N–H and O–H groups in total. The van der Waals surface area contributed by atoms with Gasteiger partial charge in [0.1, 0.15) is 0 Å². The molecular formula is C13H20N4O. The molecule has 0 atom stereocenters. The van der Waals surface area contributed by atoms with E-state index in [2.05, 4.69) is 16.0 Å². The first kappa shape index (κ1) is 12.7. The first-order valence-electron chi connectivity index (χ1n) is 6.22. The van der Waals surface area contributed by atoms with Crippen molar-refractivity contribution in [2.24, 2.45) is 0 Å². The maximum Gasteiger partial charge on any atom is 0.253 e. The van der Waals surface area contributed by atoms with Gasteiger partial charge in [0.25, 0.3) is 5.91 Å². The van der Waals surface area contributed by atoms with Crippen LogP contribution in [0.1, 0.15) is 10.4 Å². The molecule has 1 aromatic carbocycles. The molecule has 1 heterocycles. The smallest absolute Gasteiger partial charge is 0.253 e. The maximum atomic E-state index is 12.1. The second-order valence-corrected chi connectivity index (χ2v) is 4.64. The average Bonchev–Trinajstić information content (AvgIpc) is 2.37. The van der Waals surface area contributed by atoms with E-state index in [-0.39, 0.29) is 5.91 Å². The number of benzene rings is 1. The molecule has 5 heteroatoms. The Morgan fingerprint density at radius 1 is 1.33 bits per heavy atom. The van der Waals surface area contributed by atoms with E-state index >= 15 is 0 Å². The highest BCUT2D eigenvalue weighted by molar-refractivity contribution is 6.02. The normalized spacial score (nSPS) is 13.5. The van der Waals surface area contributed by atoms with Crippen LogP contribution in [0.2, 0.25) is 0 Å². The van der Waals surface area contributed by atoms with Gasteiger partial charge >= 0.3 is 0 Å². The second-order valence-electron chi connectivity index (χ2n) is 4.64. The third-order valence-corrected chi connectivity index (χ3v) is 2.90. The third kappa shape index (κ3) is 2.92. The van der Waals surface area contributed by atoms with Crippen LogP contribution in [0.15, 0.2) is 18.2 Å². The first-order valence-corrected chi connectivity index (χ1v) is 6.22. The van der Waals surface area contributed by atoms with Crippen LogP contribution in [0.5, 0.6) is 0 Å². The lowest BCUT2D eigenvalue weighted by molar-refractivity contribution is 0.0952. The summed E-state index contributed by atoms with van der Waals surface area (Å²) in [5, 5.41) is 9.49. The van der Waals surface area contributed by atoms with Crippen molar-refractivity contribution in [3.05, 3.63) is 23.8 Å². The van der Waals surface area contributed by atoms with Crippen LogP contribution in [0.25, 0.3) is 0 Å². The molecule has 1 aromatic rings. The third-order valence-electron chi connectivity index (χ3n) is 2.90. The van der Waals surface area contributed by atoms with Gasteiger partial charge in [0.2, 0.25) is 0 Å².